The van der Waals surface area contributed by atoms with E-state index in [0.717, 1.165) is 60.6 Å². The van der Waals surface area contributed by atoms with E-state index in [-0.39, 0.29) is 11.9 Å². The Morgan fingerprint density at radius 2 is 2.18 bits per heavy atom. The average Bonchev–Trinajstić information content (AvgIpc) is 3.53. The summed E-state index contributed by atoms with van der Waals surface area (Å²) in [6.07, 6.45) is 6.34. The molecule has 0 bridgehead atoms. The first kappa shape index (κ1) is 20.9. The number of aryl methyl sites for hydroxylation is 2. The van der Waals surface area contributed by atoms with Crippen molar-refractivity contribution in [3.63, 3.8) is 0 Å². The van der Waals surface area contributed by atoms with Gasteiger partial charge in [0, 0.05) is 41.4 Å². The fourth-order valence-electron chi connectivity index (χ4n) is 5.69. The van der Waals surface area contributed by atoms with Gasteiger partial charge in [0.25, 0.3) is 5.91 Å². The Bertz CT molecular complexity index is 1230. The number of hydrogen-bond acceptors (Lipinski definition) is 7. The molecule has 0 radical (unpaired) electrons. The van der Waals surface area contributed by atoms with Gasteiger partial charge in [-0.1, -0.05) is 6.07 Å². The van der Waals surface area contributed by atoms with Crippen molar-refractivity contribution in [3.8, 4) is 0 Å². The summed E-state index contributed by atoms with van der Waals surface area (Å²) < 4.78 is 0. The third-order valence-corrected chi connectivity index (χ3v) is 8.65. The van der Waals surface area contributed by atoms with Crippen molar-refractivity contribution >= 4 is 39.0 Å². The van der Waals surface area contributed by atoms with E-state index >= 15 is 0 Å². The molecule has 8 heteroatoms. The molecule has 2 fully saturated rings. The van der Waals surface area contributed by atoms with Crippen LogP contribution in [-0.4, -0.2) is 47.1 Å². The molecule has 33 heavy (non-hydrogen) atoms. The van der Waals surface area contributed by atoms with E-state index in [2.05, 4.69) is 32.7 Å². The highest BCUT2D eigenvalue weighted by Gasteiger charge is 2.40. The molecule has 1 aliphatic carbocycles. The van der Waals surface area contributed by atoms with Crippen LogP contribution in [0.5, 0.6) is 0 Å². The second-order valence-corrected chi connectivity index (χ2v) is 10.8. The van der Waals surface area contributed by atoms with Crippen molar-refractivity contribution in [1.82, 2.24) is 20.6 Å². The largest absolute Gasteiger partial charge is 0.397 e. The third-order valence-electron chi connectivity index (χ3n) is 7.53. The molecular weight excluding hydrogens is 432 g/mol. The standard InChI is InChI=1S/C25H30N6OS/c1-15-3-6-18-21(26)22(33-24(18)28-15)23(32)29-17-5-7-19-16(13-17)4-8-20(30-19)31-12-10-25(14-31)9-2-11-27-25/h3-4,6,8,17,27H,2,5,7,9-14,26H2,1H3,(H,29,32)/t17-,25-/m0/s1. The molecule has 1 spiro atoms. The number of pyridine rings is 2. The number of nitrogens with one attached hydrogen (secondary N) is 2. The number of nitrogen functional groups attached to an aromatic ring is 1. The molecule has 172 valence electrons. The fraction of sp³-hybridized carbons (Fsp3) is 0.480. The highest BCUT2D eigenvalue weighted by atomic mass is 32.1. The molecule has 4 N–H and O–H groups in total. The van der Waals surface area contributed by atoms with Gasteiger partial charge >= 0.3 is 0 Å². The summed E-state index contributed by atoms with van der Waals surface area (Å²) in [6, 6.07) is 8.34. The Hall–Kier alpha value is -2.71. The van der Waals surface area contributed by atoms with E-state index in [1.165, 1.54) is 41.9 Å². The SMILES string of the molecule is Cc1ccc2c(N)c(C(=O)N[C@H]3CCc4nc(N5CC[C@@]6(CCCN6)C5)ccc4C3)sc2n1. The van der Waals surface area contributed by atoms with E-state index in [0.29, 0.717) is 16.1 Å². The lowest BCUT2D eigenvalue weighted by molar-refractivity contribution is 0.0938. The second kappa shape index (κ2) is 7.95. The van der Waals surface area contributed by atoms with Gasteiger partial charge in [0.1, 0.15) is 15.5 Å². The number of amides is 1. The van der Waals surface area contributed by atoms with Crippen molar-refractivity contribution in [2.24, 2.45) is 0 Å². The van der Waals surface area contributed by atoms with E-state index in [9.17, 15) is 4.79 Å². The van der Waals surface area contributed by atoms with Crippen LogP contribution in [0.15, 0.2) is 24.3 Å². The Kier molecular flexibility index (Phi) is 5.03. The normalized spacial score (nSPS) is 24.5. The Morgan fingerprint density at radius 3 is 3.03 bits per heavy atom. The van der Waals surface area contributed by atoms with Gasteiger partial charge in [-0.25, -0.2) is 9.97 Å². The maximum Gasteiger partial charge on any atom is 0.263 e. The maximum atomic E-state index is 13.0. The van der Waals surface area contributed by atoms with Crippen molar-refractivity contribution in [1.29, 1.82) is 0 Å². The first-order chi connectivity index (χ1) is 16.0. The van der Waals surface area contributed by atoms with Crippen LogP contribution in [0.4, 0.5) is 11.5 Å². The zero-order valence-corrected chi connectivity index (χ0v) is 19.8. The van der Waals surface area contributed by atoms with Gasteiger partial charge in [0.15, 0.2) is 0 Å². The molecule has 3 aromatic rings. The van der Waals surface area contributed by atoms with Crippen LogP contribution in [0, 0.1) is 6.92 Å². The summed E-state index contributed by atoms with van der Waals surface area (Å²) in [4.78, 5) is 26.4. The molecule has 2 saturated heterocycles. The smallest absolute Gasteiger partial charge is 0.263 e. The van der Waals surface area contributed by atoms with Crippen LogP contribution in [0.1, 0.15) is 52.3 Å². The van der Waals surface area contributed by atoms with Crippen molar-refractivity contribution < 1.29 is 4.79 Å². The maximum absolute atomic E-state index is 13.0. The van der Waals surface area contributed by atoms with Gasteiger partial charge in [-0.15, -0.1) is 11.3 Å². The van der Waals surface area contributed by atoms with Gasteiger partial charge in [-0.3, -0.25) is 4.79 Å². The number of nitrogens with two attached hydrogens (primary N) is 1. The molecule has 1 amide bonds. The summed E-state index contributed by atoms with van der Waals surface area (Å²) in [7, 11) is 0. The van der Waals surface area contributed by atoms with Gasteiger partial charge < -0.3 is 21.3 Å². The van der Waals surface area contributed by atoms with Crippen molar-refractivity contribution in [2.75, 3.05) is 30.3 Å². The zero-order valence-electron chi connectivity index (χ0n) is 19.0. The minimum Gasteiger partial charge on any atom is -0.397 e. The summed E-state index contributed by atoms with van der Waals surface area (Å²) in [5.74, 6) is 1.00. The lowest BCUT2D eigenvalue weighted by Crippen LogP contribution is -2.42. The number of anilines is 2. The first-order valence-electron chi connectivity index (χ1n) is 11.9. The number of rotatable bonds is 3. The molecule has 2 atom stereocenters. The molecule has 6 rings (SSSR count). The number of fused-ring (bicyclic) bond motifs is 2. The van der Waals surface area contributed by atoms with Crippen LogP contribution in [0.2, 0.25) is 0 Å². The number of nitrogens with zero attached hydrogens (tertiary/aromatic N) is 3. The van der Waals surface area contributed by atoms with E-state index in [4.69, 9.17) is 10.7 Å². The monoisotopic (exact) mass is 462 g/mol. The lowest BCUT2D eigenvalue weighted by atomic mass is 9.91. The third kappa shape index (κ3) is 3.75. The number of thiophene rings is 1. The highest BCUT2D eigenvalue weighted by Crippen LogP contribution is 2.34. The molecule has 0 saturated carbocycles. The van der Waals surface area contributed by atoms with Gasteiger partial charge in [0.05, 0.1) is 5.69 Å². The lowest BCUT2D eigenvalue weighted by Gasteiger charge is -2.28. The summed E-state index contributed by atoms with van der Waals surface area (Å²) in [6.45, 7) is 5.22. The number of carbonyl (C=O) groups is 1. The summed E-state index contributed by atoms with van der Waals surface area (Å²) in [5, 5.41) is 7.80. The predicted molar refractivity (Wildman–Crippen MR) is 133 cm³/mol. The quantitative estimate of drug-likeness (QED) is 0.553. The molecule has 0 aromatic carbocycles. The van der Waals surface area contributed by atoms with Gasteiger partial charge in [-0.2, -0.15) is 0 Å². The number of hydrogen-bond donors (Lipinski definition) is 3. The van der Waals surface area contributed by atoms with Crippen LogP contribution in [0.3, 0.4) is 0 Å². The Labute approximate surface area is 197 Å². The number of aromatic nitrogens is 2. The topological polar surface area (TPSA) is 96.2 Å². The second-order valence-electron chi connectivity index (χ2n) is 9.82. The average molecular weight is 463 g/mol. The van der Waals surface area contributed by atoms with Crippen LogP contribution >= 0.6 is 11.3 Å². The molecular formula is C25H30N6OS. The fourth-order valence-corrected chi connectivity index (χ4v) is 6.74. The Balaban J connectivity index is 1.14. The Morgan fingerprint density at radius 1 is 1.27 bits per heavy atom. The molecule has 2 aliphatic heterocycles. The predicted octanol–water partition coefficient (Wildman–Crippen LogP) is 3.20. The van der Waals surface area contributed by atoms with E-state index in [1.54, 1.807) is 0 Å². The van der Waals surface area contributed by atoms with Crippen LogP contribution in [-0.2, 0) is 12.8 Å². The van der Waals surface area contributed by atoms with E-state index < -0.39 is 0 Å². The summed E-state index contributed by atoms with van der Waals surface area (Å²) in [5.41, 5.74) is 10.5. The molecule has 0 unspecified atom stereocenters. The van der Waals surface area contributed by atoms with Crippen molar-refractivity contribution in [3.05, 3.63) is 46.1 Å². The first-order valence-corrected chi connectivity index (χ1v) is 12.8. The van der Waals surface area contributed by atoms with Gasteiger partial charge in [-0.05, 0) is 75.8 Å². The number of carbonyl (C=O) groups excluding carboxylic acids is 1. The molecule has 7 nitrogen and oxygen atoms in total. The highest BCUT2D eigenvalue weighted by molar-refractivity contribution is 7.21. The van der Waals surface area contributed by atoms with E-state index in [1.807, 2.05) is 19.1 Å². The van der Waals surface area contributed by atoms with Gasteiger partial charge in [0.2, 0.25) is 0 Å². The van der Waals surface area contributed by atoms with Crippen molar-refractivity contribution in [2.45, 2.75) is 57.0 Å². The minimum atomic E-state index is -0.0994. The minimum absolute atomic E-state index is 0.0923. The summed E-state index contributed by atoms with van der Waals surface area (Å²) >= 11 is 1.37. The van der Waals surface area contributed by atoms with Crippen LogP contribution in [0.25, 0.3) is 10.2 Å². The zero-order chi connectivity index (χ0) is 22.6. The molecule has 3 aliphatic rings. The molecule has 5 heterocycles. The molecule has 3 aromatic heterocycles. The van der Waals surface area contributed by atoms with Crippen LogP contribution < -0.4 is 21.3 Å².